The van der Waals surface area contributed by atoms with E-state index in [9.17, 15) is 4.79 Å². The number of nitrogens with one attached hydrogen (secondary N) is 1. The first kappa shape index (κ1) is 17.0. The Labute approximate surface area is 154 Å². The Kier molecular flexibility index (Phi) is 5.51. The largest absolute Gasteiger partial charge is 0.302 e. The topological polar surface area (TPSA) is 42.0 Å². The summed E-state index contributed by atoms with van der Waals surface area (Å²) in [5, 5.41) is 4.82. The predicted octanol–water partition coefficient (Wildman–Crippen LogP) is 5.22. The summed E-state index contributed by atoms with van der Waals surface area (Å²) in [6, 6.07) is 14.9. The maximum Gasteiger partial charge on any atom is 0.230 e. The van der Waals surface area contributed by atoms with Gasteiger partial charge in [-0.25, -0.2) is 4.98 Å². The van der Waals surface area contributed by atoms with Crippen molar-refractivity contribution in [3.05, 3.63) is 80.8 Å². The van der Waals surface area contributed by atoms with Crippen molar-refractivity contribution in [2.75, 3.05) is 5.32 Å². The van der Waals surface area contributed by atoms with Gasteiger partial charge < -0.3 is 5.32 Å². The summed E-state index contributed by atoms with van der Waals surface area (Å²) in [5.74, 6) is -0.0929. The maximum atomic E-state index is 12.1. The first-order valence-electron chi connectivity index (χ1n) is 7.32. The van der Waals surface area contributed by atoms with E-state index in [4.69, 9.17) is 23.2 Å². The lowest BCUT2D eigenvalue weighted by molar-refractivity contribution is -0.115. The summed E-state index contributed by atoms with van der Waals surface area (Å²) in [7, 11) is 0. The number of carbonyl (C=O) groups excluding carboxylic acids is 1. The molecule has 3 rings (SSSR count). The summed E-state index contributed by atoms with van der Waals surface area (Å²) in [4.78, 5) is 17.4. The molecule has 0 aliphatic rings. The number of amides is 1. The molecule has 1 aromatic heterocycles. The van der Waals surface area contributed by atoms with Crippen molar-refractivity contribution in [2.24, 2.45) is 0 Å². The third-order valence-corrected chi connectivity index (χ3v) is 4.79. The van der Waals surface area contributed by atoms with Crippen molar-refractivity contribution in [3.63, 3.8) is 0 Å². The van der Waals surface area contributed by atoms with Gasteiger partial charge in [-0.2, -0.15) is 0 Å². The zero-order valence-corrected chi connectivity index (χ0v) is 15.0. The average Bonchev–Trinajstić information content (AvgIpc) is 2.99. The molecule has 0 radical (unpaired) electrons. The van der Waals surface area contributed by atoms with Crippen LogP contribution >= 0.6 is 34.5 Å². The van der Waals surface area contributed by atoms with Crippen LogP contribution in [0.2, 0.25) is 10.0 Å². The van der Waals surface area contributed by atoms with Crippen molar-refractivity contribution in [1.29, 1.82) is 0 Å². The fraction of sp³-hybridized carbons (Fsp3) is 0.111. The third-order valence-electron chi connectivity index (χ3n) is 3.37. The van der Waals surface area contributed by atoms with Crippen LogP contribution in [0.3, 0.4) is 0 Å². The molecule has 0 spiro atoms. The number of hydrogen-bond acceptors (Lipinski definition) is 3. The molecule has 0 saturated carbocycles. The van der Waals surface area contributed by atoms with E-state index >= 15 is 0 Å². The molecule has 0 unspecified atom stereocenters. The molecule has 3 aromatic rings. The van der Waals surface area contributed by atoms with Crippen molar-refractivity contribution in [3.8, 4) is 0 Å². The van der Waals surface area contributed by atoms with Crippen LogP contribution in [0.25, 0.3) is 0 Å². The number of nitrogens with zero attached hydrogens (tertiary/aromatic N) is 1. The van der Waals surface area contributed by atoms with Crippen LogP contribution in [0.4, 0.5) is 5.13 Å². The molecule has 2 aromatic carbocycles. The zero-order valence-electron chi connectivity index (χ0n) is 12.6. The van der Waals surface area contributed by atoms with Gasteiger partial charge in [-0.3, -0.25) is 4.79 Å². The monoisotopic (exact) mass is 376 g/mol. The van der Waals surface area contributed by atoms with Crippen LogP contribution in [-0.2, 0) is 17.6 Å². The van der Waals surface area contributed by atoms with Crippen LogP contribution < -0.4 is 5.32 Å². The van der Waals surface area contributed by atoms with E-state index in [0.717, 1.165) is 27.4 Å². The molecule has 24 heavy (non-hydrogen) atoms. The zero-order chi connectivity index (χ0) is 16.9. The van der Waals surface area contributed by atoms with Gasteiger partial charge in [0.2, 0.25) is 5.91 Å². The van der Waals surface area contributed by atoms with Crippen LogP contribution in [0.5, 0.6) is 0 Å². The second-order valence-corrected chi connectivity index (χ2v) is 7.27. The van der Waals surface area contributed by atoms with Gasteiger partial charge in [-0.1, -0.05) is 47.5 Å². The van der Waals surface area contributed by atoms with Crippen molar-refractivity contribution in [1.82, 2.24) is 4.98 Å². The fourth-order valence-electron chi connectivity index (χ4n) is 2.20. The van der Waals surface area contributed by atoms with E-state index in [1.54, 1.807) is 18.3 Å². The predicted molar refractivity (Wildman–Crippen MR) is 100 cm³/mol. The van der Waals surface area contributed by atoms with E-state index in [1.165, 1.54) is 11.3 Å². The van der Waals surface area contributed by atoms with Crippen molar-refractivity contribution in [2.45, 2.75) is 12.8 Å². The number of halogens is 2. The Morgan fingerprint density at radius 2 is 1.54 bits per heavy atom. The first-order valence-corrected chi connectivity index (χ1v) is 8.89. The van der Waals surface area contributed by atoms with Gasteiger partial charge >= 0.3 is 0 Å². The Balaban J connectivity index is 1.58. The Hall–Kier alpha value is -1.88. The lowest BCUT2D eigenvalue weighted by atomic mass is 10.1. The van der Waals surface area contributed by atoms with E-state index in [2.05, 4.69) is 10.3 Å². The summed E-state index contributed by atoms with van der Waals surface area (Å²) in [6.45, 7) is 0. The van der Waals surface area contributed by atoms with Gasteiger partial charge in [0.1, 0.15) is 0 Å². The lowest BCUT2D eigenvalue weighted by Crippen LogP contribution is -2.13. The molecule has 1 N–H and O–H groups in total. The average molecular weight is 377 g/mol. The molecule has 122 valence electrons. The van der Waals surface area contributed by atoms with E-state index < -0.39 is 0 Å². The number of aromatic nitrogens is 1. The summed E-state index contributed by atoms with van der Waals surface area (Å²) in [6.07, 6.45) is 2.85. The maximum absolute atomic E-state index is 12.1. The molecule has 1 heterocycles. The smallest absolute Gasteiger partial charge is 0.230 e. The van der Waals surface area contributed by atoms with Crippen LogP contribution in [0.15, 0.2) is 54.7 Å². The second-order valence-electron chi connectivity index (χ2n) is 5.29. The fourth-order valence-corrected chi connectivity index (χ4v) is 3.32. The number of rotatable bonds is 5. The quantitative estimate of drug-likeness (QED) is 0.662. The molecule has 6 heteroatoms. The lowest BCUT2D eigenvalue weighted by Gasteiger charge is -2.02. The molecule has 0 aliphatic heterocycles. The molecule has 0 saturated heterocycles. The minimum Gasteiger partial charge on any atom is -0.302 e. The van der Waals surface area contributed by atoms with Crippen molar-refractivity contribution >= 4 is 45.6 Å². The van der Waals surface area contributed by atoms with Crippen LogP contribution in [-0.4, -0.2) is 10.9 Å². The summed E-state index contributed by atoms with van der Waals surface area (Å²) in [5.41, 5.74) is 2.07. The molecular formula is C18H14Cl2N2OS. The number of carbonyl (C=O) groups is 1. The standard InChI is InChI=1S/C18H14Cl2N2OS/c19-14-5-1-12(2-6-14)9-16-11-21-18(24-16)22-17(23)10-13-3-7-15(20)8-4-13/h1-8,11H,9-10H2,(H,21,22,23). The number of benzene rings is 2. The highest BCUT2D eigenvalue weighted by Crippen LogP contribution is 2.22. The number of anilines is 1. The first-order chi connectivity index (χ1) is 11.6. The van der Waals surface area contributed by atoms with Gasteiger partial charge in [0.25, 0.3) is 0 Å². The van der Waals surface area contributed by atoms with E-state index in [1.807, 2.05) is 36.4 Å². The van der Waals surface area contributed by atoms with Gasteiger partial charge in [0.05, 0.1) is 6.42 Å². The highest BCUT2D eigenvalue weighted by Gasteiger charge is 2.08. The second kappa shape index (κ2) is 7.79. The molecule has 0 fully saturated rings. The number of thiazole rings is 1. The third kappa shape index (κ3) is 4.81. The minimum atomic E-state index is -0.0929. The normalized spacial score (nSPS) is 10.6. The van der Waals surface area contributed by atoms with Crippen LogP contribution in [0, 0.1) is 0 Å². The molecule has 1 amide bonds. The van der Waals surface area contributed by atoms with Gasteiger partial charge in [-0.05, 0) is 35.4 Å². The SMILES string of the molecule is O=C(Cc1ccc(Cl)cc1)Nc1ncc(Cc2ccc(Cl)cc2)s1. The van der Waals surface area contributed by atoms with E-state index in [0.29, 0.717) is 16.6 Å². The molecule has 3 nitrogen and oxygen atoms in total. The summed E-state index contributed by atoms with van der Waals surface area (Å²) >= 11 is 13.2. The van der Waals surface area contributed by atoms with Crippen molar-refractivity contribution < 1.29 is 4.79 Å². The Morgan fingerprint density at radius 1 is 0.958 bits per heavy atom. The van der Waals surface area contributed by atoms with Gasteiger partial charge in [0.15, 0.2) is 5.13 Å². The minimum absolute atomic E-state index is 0.0929. The van der Waals surface area contributed by atoms with E-state index in [-0.39, 0.29) is 5.91 Å². The van der Waals surface area contributed by atoms with Gasteiger partial charge in [0, 0.05) is 27.5 Å². The Morgan fingerprint density at radius 3 is 2.17 bits per heavy atom. The molecule has 0 atom stereocenters. The molecule has 0 aliphatic carbocycles. The highest BCUT2D eigenvalue weighted by molar-refractivity contribution is 7.15. The van der Waals surface area contributed by atoms with Gasteiger partial charge in [-0.15, -0.1) is 11.3 Å². The van der Waals surface area contributed by atoms with Crippen LogP contribution in [0.1, 0.15) is 16.0 Å². The Bertz CT molecular complexity index is 829. The molecular weight excluding hydrogens is 363 g/mol. The molecule has 0 bridgehead atoms. The highest BCUT2D eigenvalue weighted by atomic mass is 35.5. The number of hydrogen-bond donors (Lipinski definition) is 1. The summed E-state index contributed by atoms with van der Waals surface area (Å²) < 4.78 is 0.